The molecule has 0 bridgehead atoms. The first-order chi connectivity index (χ1) is 13.5. The van der Waals surface area contributed by atoms with Crippen LogP contribution in [0.4, 0.5) is 0 Å². The Morgan fingerprint density at radius 2 is 1.86 bits per heavy atom. The fourth-order valence-corrected chi connectivity index (χ4v) is 3.16. The summed E-state index contributed by atoms with van der Waals surface area (Å²) >= 11 is 6.18. The van der Waals surface area contributed by atoms with Crippen LogP contribution in [0.1, 0.15) is 29.4 Å². The molecule has 152 valence electrons. The van der Waals surface area contributed by atoms with Gasteiger partial charge in [0.2, 0.25) is 5.91 Å². The van der Waals surface area contributed by atoms with Crippen LogP contribution < -0.4 is 0 Å². The molecule has 0 fully saturated rings. The number of amides is 2. The maximum Gasteiger partial charge on any atom is 0.255 e. The van der Waals surface area contributed by atoms with Gasteiger partial charge in [-0.25, -0.2) is 0 Å². The average Bonchev–Trinajstić information content (AvgIpc) is 3.09. The van der Waals surface area contributed by atoms with Crippen molar-refractivity contribution in [1.29, 1.82) is 0 Å². The number of rotatable bonds is 10. The molecule has 0 atom stereocenters. The first-order valence-electron chi connectivity index (χ1n) is 9.38. The molecular formula is C21H28ClN3O3. The SMILES string of the molecule is CCCN(CC(=O)N(CCOC)Cc1cccn1C)C(=O)c1ccccc1Cl. The average molecular weight is 406 g/mol. The number of benzene rings is 1. The summed E-state index contributed by atoms with van der Waals surface area (Å²) in [6.45, 7) is 3.82. The van der Waals surface area contributed by atoms with Crippen molar-refractivity contribution in [2.45, 2.75) is 19.9 Å². The molecule has 0 radical (unpaired) electrons. The molecule has 0 N–H and O–H groups in total. The highest BCUT2D eigenvalue weighted by atomic mass is 35.5. The van der Waals surface area contributed by atoms with E-state index < -0.39 is 0 Å². The zero-order valence-electron chi connectivity index (χ0n) is 16.7. The van der Waals surface area contributed by atoms with Crippen molar-refractivity contribution in [2.24, 2.45) is 7.05 Å². The van der Waals surface area contributed by atoms with Crippen LogP contribution in [0.3, 0.4) is 0 Å². The number of carbonyl (C=O) groups is 2. The quantitative estimate of drug-likeness (QED) is 0.610. The zero-order valence-corrected chi connectivity index (χ0v) is 17.5. The predicted molar refractivity (Wildman–Crippen MR) is 110 cm³/mol. The minimum absolute atomic E-state index is 0.00599. The number of aromatic nitrogens is 1. The van der Waals surface area contributed by atoms with Crippen molar-refractivity contribution >= 4 is 23.4 Å². The van der Waals surface area contributed by atoms with Gasteiger partial charge in [0, 0.05) is 39.1 Å². The molecular weight excluding hydrogens is 378 g/mol. The summed E-state index contributed by atoms with van der Waals surface area (Å²) < 4.78 is 7.14. The van der Waals surface area contributed by atoms with Crippen LogP contribution in [-0.4, -0.2) is 59.5 Å². The van der Waals surface area contributed by atoms with Gasteiger partial charge in [0.1, 0.15) is 6.54 Å². The second-order valence-corrected chi connectivity index (χ2v) is 7.03. The van der Waals surface area contributed by atoms with Crippen LogP contribution in [0.5, 0.6) is 0 Å². The molecule has 6 nitrogen and oxygen atoms in total. The van der Waals surface area contributed by atoms with E-state index in [1.54, 1.807) is 41.2 Å². The molecule has 2 aromatic rings. The van der Waals surface area contributed by atoms with Crippen LogP contribution >= 0.6 is 11.6 Å². The largest absolute Gasteiger partial charge is 0.383 e. The molecule has 1 aromatic carbocycles. The van der Waals surface area contributed by atoms with Crippen molar-refractivity contribution in [3.8, 4) is 0 Å². The fraction of sp³-hybridized carbons (Fsp3) is 0.429. The third-order valence-electron chi connectivity index (χ3n) is 4.53. The summed E-state index contributed by atoms with van der Waals surface area (Å²) in [5, 5.41) is 0.390. The lowest BCUT2D eigenvalue weighted by atomic mass is 10.2. The summed E-state index contributed by atoms with van der Waals surface area (Å²) in [4.78, 5) is 29.3. The Morgan fingerprint density at radius 1 is 1.11 bits per heavy atom. The summed E-state index contributed by atoms with van der Waals surface area (Å²) in [5.74, 6) is -0.349. The van der Waals surface area contributed by atoms with Gasteiger partial charge in [-0.15, -0.1) is 0 Å². The monoisotopic (exact) mass is 405 g/mol. The highest BCUT2D eigenvalue weighted by molar-refractivity contribution is 6.33. The number of hydrogen-bond donors (Lipinski definition) is 0. The summed E-state index contributed by atoms with van der Waals surface area (Å²) in [6.07, 6.45) is 2.69. The zero-order chi connectivity index (χ0) is 20.5. The van der Waals surface area contributed by atoms with Gasteiger partial charge >= 0.3 is 0 Å². The molecule has 1 heterocycles. The molecule has 0 unspecified atom stereocenters. The van der Waals surface area contributed by atoms with Crippen molar-refractivity contribution < 1.29 is 14.3 Å². The highest BCUT2D eigenvalue weighted by Gasteiger charge is 2.23. The lowest BCUT2D eigenvalue weighted by Crippen LogP contribution is -2.44. The second kappa shape index (κ2) is 10.9. The van der Waals surface area contributed by atoms with E-state index in [-0.39, 0.29) is 18.4 Å². The molecule has 1 aromatic heterocycles. The highest BCUT2D eigenvalue weighted by Crippen LogP contribution is 2.17. The number of hydrogen-bond acceptors (Lipinski definition) is 3. The normalized spacial score (nSPS) is 10.7. The Hall–Kier alpha value is -2.31. The number of methoxy groups -OCH3 is 1. The lowest BCUT2D eigenvalue weighted by Gasteiger charge is -2.28. The van der Waals surface area contributed by atoms with Gasteiger partial charge in [0.25, 0.3) is 5.91 Å². The van der Waals surface area contributed by atoms with Crippen LogP contribution in [-0.2, 0) is 23.1 Å². The third kappa shape index (κ3) is 5.84. The van der Waals surface area contributed by atoms with E-state index in [2.05, 4.69) is 0 Å². The molecule has 7 heteroatoms. The van der Waals surface area contributed by atoms with Gasteiger partial charge in [-0.3, -0.25) is 9.59 Å². The first kappa shape index (κ1) is 22.0. The van der Waals surface area contributed by atoms with Crippen LogP contribution in [0, 0.1) is 0 Å². The second-order valence-electron chi connectivity index (χ2n) is 6.63. The van der Waals surface area contributed by atoms with Gasteiger partial charge < -0.3 is 19.1 Å². The molecule has 0 aliphatic carbocycles. The molecule has 2 amide bonds. The van der Waals surface area contributed by atoms with Gasteiger partial charge in [0.15, 0.2) is 0 Å². The maximum atomic E-state index is 13.0. The first-order valence-corrected chi connectivity index (χ1v) is 9.76. The molecule has 0 saturated carbocycles. The van der Waals surface area contributed by atoms with E-state index in [1.165, 1.54) is 0 Å². The summed E-state index contributed by atoms with van der Waals surface area (Å²) in [7, 11) is 3.55. The Balaban J connectivity index is 2.15. The molecule has 0 saturated heterocycles. The fourth-order valence-electron chi connectivity index (χ4n) is 2.94. The van der Waals surface area contributed by atoms with Crippen LogP contribution in [0.25, 0.3) is 0 Å². The number of halogens is 1. The van der Waals surface area contributed by atoms with Gasteiger partial charge in [-0.2, -0.15) is 0 Å². The number of nitrogens with zero attached hydrogens (tertiary/aromatic N) is 3. The minimum atomic E-state index is -0.230. The third-order valence-corrected chi connectivity index (χ3v) is 4.86. The Morgan fingerprint density at radius 3 is 2.46 bits per heavy atom. The van der Waals surface area contributed by atoms with Crippen molar-refractivity contribution in [2.75, 3.05) is 33.4 Å². The van der Waals surface area contributed by atoms with E-state index in [1.807, 2.05) is 36.9 Å². The topological polar surface area (TPSA) is 54.8 Å². The smallest absolute Gasteiger partial charge is 0.255 e. The van der Waals surface area contributed by atoms with Crippen LogP contribution in [0.2, 0.25) is 5.02 Å². The molecule has 0 spiro atoms. The minimum Gasteiger partial charge on any atom is -0.383 e. The van der Waals surface area contributed by atoms with Crippen molar-refractivity contribution in [3.05, 3.63) is 58.9 Å². The molecule has 0 aliphatic rings. The predicted octanol–water partition coefficient (Wildman–Crippen LogP) is 3.21. The number of aryl methyl sites for hydroxylation is 1. The van der Waals surface area contributed by atoms with E-state index in [4.69, 9.17) is 16.3 Å². The maximum absolute atomic E-state index is 13.0. The molecule has 28 heavy (non-hydrogen) atoms. The summed E-state index contributed by atoms with van der Waals surface area (Å²) in [5.41, 5.74) is 1.43. The summed E-state index contributed by atoms with van der Waals surface area (Å²) in [6, 6.07) is 10.8. The Kier molecular flexibility index (Phi) is 8.54. The lowest BCUT2D eigenvalue weighted by molar-refractivity contribution is -0.133. The van der Waals surface area contributed by atoms with E-state index in [9.17, 15) is 9.59 Å². The standard InChI is InChI=1S/C21H28ClN3O3/c1-4-11-25(21(27)18-9-5-6-10-19(18)22)16-20(26)24(13-14-28-3)15-17-8-7-12-23(17)2/h5-10,12H,4,11,13-16H2,1-3H3. The van der Waals surface area contributed by atoms with E-state index >= 15 is 0 Å². The number of ether oxygens (including phenoxy) is 1. The van der Waals surface area contributed by atoms with Gasteiger partial charge in [0.05, 0.1) is 23.7 Å². The Labute approximate surface area is 171 Å². The Bertz CT molecular complexity index is 791. The molecule has 0 aliphatic heterocycles. The van der Waals surface area contributed by atoms with E-state index in [0.29, 0.717) is 36.8 Å². The van der Waals surface area contributed by atoms with Crippen LogP contribution in [0.15, 0.2) is 42.6 Å². The van der Waals surface area contributed by atoms with Crippen molar-refractivity contribution in [1.82, 2.24) is 14.4 Å². The number of carbonyl (C=O) groups excluding carboxylic acids is 2. The van der Waals surface area contributed by atoms with E-state index in [0.717, 1.165) is 12.1 Å². The molecule has 2 rings (SSSR count). The van der Waals surface area contributed by atoms with Gasteiger partial charge in [-0.1, -0.05) is 30.7 Å². The van der Waals surface area contributed by atoms with Crippen molar-refractivity contribution in [3.63, 3.8) is 0 Å². The van der Waals surface area contributed by atoms with Gasteiger partial charge in [-0.05, 0) is 30.7 Å².